The van der Waals surface area contributed by atoms with Crippen LogP contribution in [0.15, 0.2) is 6.20 Å². The maximum absolute atomic E-state index is 4.44. The highest BCUT2D eigenvalue weighted by Crippen LogP contribution is 2.23. The second kappa shape index (κ2) is 3.73. The second-order valence-corrected chi connectivity index (χ2v) is 4.19. The zero-order valence-electron chi connectivity index (χ0n) is 9.03. The van der Waals surface area contributed by atoms with Gasteiger partial charge >= 0.3 is 0 Å². The molecule has 3 nitrogen and oxygen atoms in total. The van der Waals surface area contributed by atoms with Gasteiger partial charge in [-0.3, -0.25) is 7.05 Å². The molecule has 1 aliphatic heterocycles. The molecule has 0 saturated carbocycles. The molecule has 0 amide bonds. The van der Waals surface area contributed by atoms with Crippen molar-refractivity contribution in [3.63, 3.8) is 0 Å². The summed E-state index contributed by atoms with van der Waals surface area (Å²) in [4.78, 5) is 6.59. The summed E-state index contributed by atoms with van der Waals surface area (Å²) in [5.74, 6) is 1.14. The summed E-state index contributed by atoms with van der Waals surface area (Å²) in [6.45, 7) is 6.34. The van der Waals surface area contributed by atoms with Gasteiger partial charge in [-0.2, -0.15) is 0 Å². The van der Waals surface area contributed by atoms with E-state index in [-0.39, 0.29) is 0 Å². The van der Waals surface area contributed by atoms with Gasteiger partial charge in [-0.1, -0.05) is 0 Å². The van der Waals surface area contributed by atoms with E-state index in [0.29, 0.717) is 6.04 Å². The van der Waals surface area contributed by atoms with Crippen LogP contribution in [0, 0.1) is 20.9 Å². The van der Waals surface area contributed by atoms with E-state index in [4.69, 9.17) is 0 Å². The fourth-order valence-corrected chi connectivity index (χ4v) is 2.20. The predicted octanol–water partition coefficient (Wildman–Crippen LogP) is 1.93. The molecular weight excluding hydrogens is 174 g/mol. The van der Waals surface area contributed by atoms with E-state index < -0.39 is 0 Å². The first-order valence-electron chi connectivity index (χ1n) is 5.24. The molecule has 1 aliphatic rings. The van der Waals surface area contributed by atoms with Gasteiger partial charge in [0.05, 0.1) is 5.69 Å². The van der Waals surface area contributed by atoms with Gasteiger partial charge in [-0.15, -0.1) is 0 Å². The molecule has 78 valence electrons. The molecule has 14 heavy (non-hydrogen) atoms. The van der Waals surface area contributed by atoms with Gasteiger partial charge in [0, 0.05) is 12.2 Å². The van der Waals surface area contributed by atoms with E-state index in [9.17, 15) is 0 Å². The maximum atomic E-state index is 4.44. The summed E-state index contributed by atoms with van der Waals surface area (Å²) < 4.78 is 2.32. The Labute approximate surface area is 85.7 Å². The Balaban J connectivity index is 2.11. The van der Waals surface area contributed by atoms with E-state index in [0.717, 1.165) is 24.6 Å². The molecule has 0 aromatic carbocycles. The van der Waals surface area contributed by atoms with Crippen molar-refractivity contribution >= 4 is 0 Å². The van der Waals surface area contributed by atoms with Crippen molar-refractivity contribution in [3.8, 4) is 0 Å². The van der Waals surface area contributed by atoms with Crippen molar-refractivity contribution in [2.45, 2.75) is 32.7 Å². The molecule has 1 aromatic heterocycles. The topological polar surface area (TPSA) is 21.1 Å². The van der Waals surface area contributed by atoms with E-state index in [1.807, 2.05) is 0 Å². The maximum Gasteiger partial charge on any atom is 0.106 e. The molecular formula is C11H18N3-. The van der Waals surface area contributed by atoms with Crippen LogP contribution < -0.4 is 0 Å². The minimum atomic E-state index is 0.634. The van der Waals surface area contributed by atoms with Crippen molar-refractivity contribution in [2.75, 3.05) is 13.1 Å². The molecule has 2 rings (SSSR count). The van der Waals surface area contributed by atoms with E-state index in [2.05, 4.69) is 41.5 Å². The first-order chi connectivity index (χ1) is 6.66. The fourth-order valence-electron chi connectivity index (χ4n) is 2.20. The number of aryl methyl sites for hydroxylation is 2. The Bertz CT molecular complexity index is 308. The van der Waals surface area contributed by atoms with Crippen LogP contribution >= 0.6 is 0 Å². The fraction of sp³-hybridized carbons (Fsp3) is 0.636. The Kier molecular flexibility index (Phi) is 2.59. The minimum Gasteiger partial charge on any atom is -0.459 e. The molecule has 0 radical (unpaired) electrons. The lowest BCUT2D eigenvalue weighted by Crippen LogP contribution is -2.30. The summed E-state index contributed by atoms with van der Waals surface area (Å²) in [6, 6.07) is 0.634. The van der Waals surface area contributed by atoms with Gasteiger partial charge in [0.2, 0.25) is 0 Å². The third kappa shape index (κ3) is 1.82. The molecule has 0 bridgehead atoms. The molecule has 0 spiro atoms. The predicted molar refractivity (Wildman–Crippen MR) is 56.9 cm³/mol. The van der Waals surface area contributed by atoms with Gasteiger partial charge in [0.1, 0.15) is 5.82 Å². The smallest absolute Gasteiger partial charge is 0.106 e. The van der Waals surface area contributed by atoms with Crippen LogP contribution in [0.1, 0.15) is 30.4 Å². The lowest BCUT2D eigenvalue weighted by molar-refractivity contribution is 0.239. The number of aromatic nitrogens is 2. The average Bonchev–Trinajstić information content (AvgIpc) is 2.47. The largest absolute Gasteiger partial charge is 0.459 e. The van der Waals surface area contributed by atoms with Crippen LogP contribution in [0.25, 0.3) is 0 Å². The van der Waals surface area contributed by atoms with Gasteiger partial charge in [-0.05, 0) is 39.8 Å². The number of likely N-dealkylation sites (tertiary alicyclic amines) is 1. The van der Waals surface area contributed by atoms with E-state index >= 15 is 0 Å². The number of hydrogen-bond donors (Lipinski definition) is 0. The third-order valence-electron chi connectivity index (χ3n) is 2.99. The Hall–Kier alpha value is -0.830. The Morgan fingerprint density at radius 1 is 1.36 bits per heavy atom. The van der Waals surface area contributed by atoms with E-state index in [1.165, 1.54) is 12.8 Å². The van der Waals surface area contributed by atoms with Crippen molar-refractivity contribution in [2.24, 2.45) is 0 Å². The molecule has 0 unspecified atom stereocenters. The number of rotatable bonds is 1. The van der Waals surface area contributed by atoms with Crippen LogP contribution in [-0.4, -0.2) is 27.5 Å². The number of nitrogens with zero attached hydrogens (tertiary/aromatic N) is 3. The summed E-state index contributed by atoms with van der Waals surface area (Å²) in [6.07, 6.45) is 4.55. The van der Waals surface area contributed by atoms with Gasteiger partial charge in [0.15, 0.2) is 0 Å². The number of piperidine rings is 1. The molecule has 3 heteroatoms. The highest BCUT2D eigenvalue weighted by atomic mass is 15.1. The number of hydrogen-bond acceptors (Lipinski definition) is 2. The molecule has 0 atom stereocenters. The highest BCUT2D eigenvalue weighted by Gasteiger charge is 2.17. The van der Waals surface area contributed by atoms with Gasteiger partial charge in [-0.25, -0.2) is 4.98 Å². The lowest BCUT2D eigenvalue weighted by atomic mass is 10.1. The first kappa shape index (κ1) is 9.71. The average molecular weight is 192 g/mol. The van der Waals surface area contributed by atoms with Crippen molar-refractivity contribution in [3.05, 3.63) is 24.8 Å². The number of imidazole rings is 1. The Morgan fingerprint density at radius 2 is 2.00 bits per heavy atom. The van der Waals surface area contributed by atoms with Crippen LogP contribution in [0.3, 0.4) is 0 Å². The third-order valence-corrected chi connectivity index (χ3v) is 2.99. The zero-order chi connectivity index (χ0) is 10.1. The SMILES string of the molecule is [CH2-]N1CCC(n2cc(C)nc2C)CC1. The second-order valence-electron chi connectivity index (χ2n) is 4.19. The standard InChI is InChI=1S/C11H18N3/c1-9-8-14(10(2)12-9)11-4-6-13(3)7-5-11/h8,11H,3-7H2,1-2H3/q-1. The zero-order valence-corrected chi connectivity index (χ0v) is 9.03. The van der Waals surface area contributed by atoms with Gasteiger partial charge in [0.25, 0.3) is 0 Å². The minimum absolute atomic E-state index is 0.634. The Morgan fingerprint density at radius 3 is 2.50 bits per heavy atom. The van der Waals surface area contributed by atoms with Crippen LogP contribution in [-0.2, 0) is 0 Å². The molecule has 0 aliphatic carbocycles. The summed E-state index contributed by atoms with van der Waals surface area (Å²) in [7, 11) is 3.96. The summed E-state index contributed by atoms with van der Waals surface area (Å²) in [5.41, 5.74) is 1.12. The van der Waals surface area contributed by atoms with Crippen LogP contribution in [0.5, 0.6) is 0 Å². The van der Waals surface area contributed by atoms with Gasteiger partial charge < -0.3 is 9.47 Å². The van der Waals surface area contributed by atoms with Crippen LogP contribution in [0.4, 0.5) is 0 Å². The van der Waals surface area contributed by atoms with Crippen molar-refractivity contribution in [1.82, 2.24) is 14.5 Å². The van der Waals surface area contributed by atoms with E-state index in [1.54, 1.807) is 0 Å². The van der Waals surface area contributed by atoms with Crippen molar-refractivity contribution < 1.29 is 0 Å². The molecule has 2 heterocycles. The molecule has 1 aromatic rings. The normalized spacial score (nSPS) is 20.2. The summed E-state index contributed by atoms with van der Waals surface area (Å²) in [5, 5.41) is 0. The highest BCUT2D eigenvalue weighted by molar-refractivity contribution is 5.02. The molecule has 1 fully saturated rings. The van der Waals surface area contributed by atoms with Crippen molar-refractivity contribution in [1.29, 1.82) is 0 Å². The monoisotopic (exact) mass is 192 g/mol. The molecule has 0 N–H and O–H groups in total. The van der Waals surface area contributed by atoms with Crippen LogP contribution in [0.2, 0.25) is 0 Å². The summed E-state index contributed by atoms with van der Waals surface area (Å²) >= 11 is 0. The lowest BCUT2D eigenvalue weighted by Gasteiger charge is -2.35. The quantitative estimate of drug-likeness (QED) is 0.634. The first-order valence-corrected chi connectivity index (χ1v) is 5.24. The molecule has 1 saturated heterocycles.